The van der Waals surface area contributed by atoms with Crippen LogP contribution < -0.4 is 10.6 Å². The molecule has 0 aliphatic carbocycles. The highest BCUT2D eigenvalue weighted by atomic mass is 35.5. The van der Waals surface area contributed by atoms with E-state index in [1.54, 1.807) is 6.92 Å². The number of anilines is 1. The average molecular weight is 310 g/mol. The van der Waals surface area contributed by atoms with E-state index in [0.29, 0.717) is 6.04 Å². The molecule has 21 heavy (non-hydrogen) atoms. The van der Waals surface area contributed by atoms with E-state index in [9.17, 15) is 4.79 Å². The van der Waals surface area contributed by atoms with Crippen molar-refractivity contribution < 1.29 is 4.79 Å². The minimum absolute atomic E-state index is 0. The van der Waals surface area contributed by atoms with Crippen LogP contribution >= 0.6 is 12.4 Å². The molecule has 2 aliphatic rings. The standard InChI is InChI=1S/C16H23N3O.ClH/c1-12(20)19-9-6-14(7-10-19)18-16-4-2-3-13-5-8-17-11-15(13)16;/h2-4,14,17-18H,5-11H2,1H3;1H. The number of likely N-dealkylation sites (tertiary alicyclic amines) is 1. The van der Waals surface area contributed by atoms with Crippen molar-refractivity contribution in [2.75, 3.05) is 25.0 Å². The predicted molar refractivity (Wildman–Crippen MR) is 88.0 cm³/mol. The molecule has 0 atom stereocenters. The molecule has 1 amide bonds. The van der Waals surface area contributed by atoms with Gasteiger partial charge in [-0.2, -0.15) is 0 Å². The van der Waals surface area contributed by atoms with E-state index in [-0.39, 0.29) is 18.3 Å². The number of piperidine rings is 1. The van der Waals surface area contributed by atoms with Crippen LogP contribution in [-0.2, 0) is 17.8 Å². The lowest BCUT2D eigenvalue weighted by atomic mass is 9.97. The largest absolute Gasteiger partial charge is 0.382 e. The number of carbonyl (C=O) groups is 1. The molecule has 3 rings (SSSR count). The number of nitrogens with zero attached hydrogens (tertiary/aromatic N) is 1. The van der Waals surface area contributed by atoms with Crippen LogP contribution in [0.4, 0.5) is 5.69 Å². The maximum Gasteiger partial charge on any atom is 0.219 e. The summed E-state index contributed by atoms with van der Waals surface area (Å²) in [7, 11) is 0. The lowest BCUT2D eigenvalue weighted by molar-refractivity contribution is -0.129. The van der Waals surface area contributed by atoms with E-state index < -0.39 is 0 Å². The van der Waals surface area contributed by atoms with Gasteiger partial charge in [0.15, 0.2) is 0 Å². The van der Waals surface area contributed by atoms with Gasteiger partial charge in [0.2, 0.25) is 5.91 Å². The average Bonchev–Trinajstić information content (AvgIpc) is 2.48. The maximum absolute atomic E-state index is 11.4. The molecule has 0 saturated carbocycles. The first-order valence-electron chi connectivity index (χ1n) is 7.57. The van der Waals surface area contributed by atoms with E-state index in [0.717, 1.165) is 45.4 Å². The van der Waals surface area contributed by atoms with Crippen molar-refractivity contribution in [1.29, 1.82) is 0 Å². The van der Waals surface area contributed by atoms with Gasteiger partial charge in [0.1, 0.15) is 0 Å². The zero-order valence-electron chi connectivity index (χ0n) is 12.5. The predicted octanol–water partition coefficient (Wildman–Crippen LogP) is 2.18. The Morgan fingerprint density at radius 1 is 1.33 bits per heavy atom. The van der Waals surface area contributed by atoms with Gasteiger partial charge in [-0.3, -0.25) is 4.79 Å². The molecule has 4 nitrogen and oxygen atoms in total. The fourth-order valence-corrected chi connectivity index (χ4v) is 3.21. The number of hydrogen-bond acceptors (Lipinski definition) is 3. The SMILES string of the molecule is CC(=O)N1CCC(Nc2cccc3c2CNCC3)CC1.Cl. The summed E-state index contributed by atoms with van der Waals surface area (Å²) < 4.78 is 0. The van der Waals surface area contributed by atoms with Gasteiger partial charge in [0.25, 0.3) is 0 Å². The van der Waals surface area contributed by atoms with E-state index >= 15 is 0 Å². The Morgan fingerprint density at radius 3 is 2.81 bits per heavy atom. The summed E-state index contributed by atoms with van der Waals surface area (Å²) in [6, 6.07) is 7.05. The van der Waals surface area contributed by atoms with Gasteiger partial charge < -0.3 is 15.5 Å². The Balaban J connectivity index is 0.00000161. The monoisotopic (exact) mass is 309 g/mol. The number of rotatable bonds is 2. The van der Waals surface area contributed by atoms with E-state index in [2.05, 4.69) is 28.8 Å². The molecule has 0 radical (unpaired) electrons. The molecule has 1 fully saturated rings. The normalized spacial score (nSPS) is 18.6. The van der Waals surface area contributed by atoms with Crippen molar-refractivity contribution in [1.82, 2.24) is 10.2 Å². The number of fused-ring (bicyclic) bond motifs is 1. The molecule has 0 spiro atoms. The Labute approximate surface area is 132 Å². The first-order valence-corrected chi connectivity index (χ1v) is 7.57. The fourth-order valence-electron chi connectivity index (χ4n) is 3.21. The highest BCUT2D eigenvalue weighted by molar-refractivity contribution is 5.85. The van der Waals surface area contributed by atoms with Crippen molar-refractivity contribution in [3.8, 4) is 0 Å². The summed E-state index contributed by atoms with van der Waals surface area (Å²) >= 11 is 0. The van der Waals surface area contributed by atoms with Crippen LogP contribution in [0.3, 0.4) is 0 Å². The van der Waals surface area contributed by atoms with Crippen molar-refractivity contribution in [3.05, 3.63) is 29.3 Å². The van der Waals surface area contributed by atoms with Crippen molar-refractivity contribution in [3.63, 3.8) is 0 Å². The van der Waals surface area contributed by atoms with Gasteiger partial charge in [-0.25, -0.2) is 0 Å². The number of hydrogen-bond donors (Lipinski definition) is 2. The molecular weight excluding hydrogens is 286 g/mol. The van der Waals surface area contributed by atoms with Gasteiger partial charge in [0, 0.05) is 38.3 Å². The summed E-state index contributed by atoms with van der Waals surface area (Å²) in [5, 5.41) is 7.14. The second-order valence-electron chi connectivity index (χ2n) is 5.79. The summed E-state index contributed by atoms with van der Waals surface area (Å²) in [6.07, 6.45) is 3.20. The smallest absolute Gasteiger partial charge is 0.219 e. The number of amides is 1. The highest BCUT2D eigenvalue weighted by Crippen LogP contribution is 2.25. The van der Waals surface area contributed by atoms with E-state index in [1.807, 2.05) is 4.90 Å². The molecule has 2 aliphatic heterocycles. The van der Waals surface area contributed by atoms with Crippen molar-refractivity contribution in [2.45, 2.75) is 38.8 Å². The fraction of sp³-hybridized carbons (Fsp3) is 0.562. The van der Waals surface area contributed by atoms with Gasteiger partial charge in [-0.05, 0) is 43.0 Å². The first kappa shape index (κ1) is 16.1. The quantitative estimate of drug-likeness (QED) is 0.880. The maximum atomic E-state index is 11.4. The van der Waals surface area contributed by atoms with Crippen LogP contribution in [0.1, 0.15) is 30.9 Å². The summed E-state index contributed by atoms with van der Waals surface area (Å²) in [5.74, 6) is 0.199. The number of halogens is 1. The highest BCUT2D eigenvalue weighted by Gasteiger charge is 2.21. The zero-order chi connectivity index (χ0) is 13.9. The summed E-state index contributed by atoms with van der Waals surface area (Å²) in [5.41, 5.74) is 4.17. The Bertz CT molecular complexity index is 498. The zero-order valence-corrected chi connectivity index (χ0v) is 13.3. The lowest BCUT2D eigenvalue weighted by Gasteiger charge is -2.33. The topological polar surface area (TPSA) is 44.4 Å². The minimum atomic E-state index is 0. The van der Waals surface area contributed by atoms with Crippen LogP contribution in [0.5, 0.6) is 0 Å². The Kier molecular flexibility index (Phi) is 5.48. The third-order valence-electron chi connectivity index (χ3n) is 4.45. The molecule has 0 bridgehead atoms. The molecule has 2 heterocycles. The summed E-state index contributed by atoms with van der Waals surface area (Å²) in [6.45, 7) is 5.45. The molecule has 0 aromatic heterocycles. The van der Waals surface area contributed by atoms with E-state index in [4.69, 9.17) is 0 Å². The number of carbonyl (C=O) groups excluding carboxylic acids is 1. The summed E-state index contributed by atoms with van der Waals surface area (Å²) in [4.78, 5) is 13.3. The van der Waals surface area contributed by atoms with Gasteiger partial charge in [-0.1, -0.05) is 12.1 Å². The van der Waals surface area contributed by atoms with Crippen LogP contribution in [0.15, 0.2) is 18.2 Å². The van der Waals surface area contributed by atoms with Gasteiger partial charge in [-0.15, -0.1) is 12.4 Å². The van der Waals surface area contributed by atoms with E-state index in [1.165, 1.54) is 16.8 Å². The van der Waals surface area contributed by atoms with Crippen LogP contribution in [0.2, 0.25) is 0 Å². The number of benzene rings is 1. The lowest BCUT2D eigenvalue weighted by Crippen LogP contribution is -2.41. The Hall–Kier alpha value is -1.26. The third-order valence-corrected chi connectivity index (χ3v) is 4.45. The molecule has 5 heteroatoms. The van der Waals surface area contributed by atoms with Gasteiger partial charge >= 0.3 is 0 Å². The molecule has 116 valence electrons. The van der Waals surface area contributed by atoms with Crippen LogP contribution in [0.25, 0.3) is 0 Å². The molecule has 1 aromatic carbocycles. The second-order valence-corrected chi connectivity index (χ2v) is 5.79. The minimum Gasteiger partial charge on any atom is -0.382 e. The molecule has 0 unspecified atom stereocenters. The second kappa shape index (κ2) is 7.14. The molecule has 2 N–H and O–H groups in total. The van der Waals surface area contributed by atoms with Crippen molar-refractivity contribution in [2.24, 2.45) is 0 Å². The first-order chi connectivity index (χ1) is 9.74. The molecule has 1 saturated heterocycles. The number of nitrogens with one attached hydrogen (secondary N) is 2. The van der Waals surface area contributed by atoms with Crippen LogP contribution in [0, 0.1) is 0 Å². The molecular formula is C16H24ClN3O. The van der Waals surface area contributed by atoms with Crippen molar-refractivity contribution >= 4 is 24.0 Å². The third kappa shape index (κ3) is 3.69. The van der Waals surface area contributed by atoms with Crippen LogP contribution in [-0.4, -0.2) is 36.5 Å². The molecule has 1 aromatic rings. The van der Waals surface area contributed by atoms with Gasteiger partial charge in [0.05, 0.1) is 0 Å². The Morgan fingerprint density at radius 2 is 2.10 bits per heavy atom.